The van der Waals surface area contributed by atoms with Gasteiger partial charge in [-0.25, -0.2) is 0 Å². The Balaban J connectivity index is 1.91. The Bertz CT molecular complexity index is 344. The van der Waals surface area contributed by atoms with E-state index in [0.29, 0.717) is 0 Å². The lowest BCUT2D eigenvalue weighted by atomic mass is 10.1. The molecule has 0 unspecified atom stereocenters. The number of amidine groups is 1. The molecule has 0 saturated heterocycles. The number of aliphatic imine (C=N–C) groups is 1. The van der Waals surface area contributed by atoms with E-state index in [2.05, 4.69) is 16.4 Å². The van der Waals surface area contributed by atoms with Crippen LogP contribution in [0.2, 0.25) is 0 Å². The van der Waals surface area contributed by atoms with Gasteiger partial charge in [0.15, 0.2) is 0 Å². The normalized spacial score (nSPS) is 15.0. The summed E-state index contributed by atoms with van der Waals surface area (Å²) < 4.78 is 0. The zero-order valence-corrected chi connectivity index (χ0v) is 8.16. The first-order valence-electron chi connectivity index (χ1n) is 4.96. The third-order valence-corrected chi connectivity index (χ3v) is 2.35. The SMILES string of the molecule is Nc1cccc(CCC2=NCCN2)c1. The van der Waals surface area contributed by atoms with E-state index in [1.165, 1.54) is 5.56 Å². The Morgan fingerprint density at radius 3 is 3.00 bits per heavy atom. The lowest BCUT2D eigenvalue weighted by Crippen LogP contribution is -2.18. The van der Waals surface area contributed by atoms with Crippen LogP contribution >= 0.6 is 0 Å². The molecular weight excluding hydrogens is 174 g/mol. The van der Waals surface area contributed by atoms with Crippen LogP contribution in [0.1, 0.15) is 12.0 Å². The van der Waals surface area contributed by atoms with Gasteiger partial charge in [-0.15, -0.1) is 0 Å². The first kappa shape index (κ1) is 9.06. The number of nitrogen functional groups attached to an aromatic ring is 1. The van der Waals surface area contributed by atoms with Crippen molar-refractivity contribution in [3.05, 3.63) is 29.8 Å². The third-order valence-electron chi connectivity index (χ3n) is 2.35. The number of rotatable bonds is 3. The van der Waals surface area contributed by atoms with E-state index in [9.17, 15) is 0 Å². The smallest absolute Gasteiger partial charge is 0.0967 e. The molecule has 0 bridgehead atoms. The average molecular weight is 189 g/mol. The molecule has 0 spiro atoms. The van der Waals surface area contributed by atoms with Gasteiger partial charge in [-0.2, -0.15) is 0 Å². The molecule has 14 heavy (non-hydrogen) atoms. The van der Waals surface area contributed by atoms with E-state index in [0.717, 1.165) is 37.5 Å². The van der Waals surface area contributed by atoms with E-state index in [1.807, 2.05) is 18.2 Å². The minimum atomic E-state index is 0.837. The summed E-state index contributed by atoms with van der Waals surface area (Å²) in [4.78, 5) is 4.35. The second-order valence-corrected chi connectivity index (χ2v) is 3.50. The number of nitrogens with two attached hydrogens (primary N) is 1. The van der Waals surface area contributed by atoms with Crippen LogP contribution in [-0.2, 0) is 6.42 Å². The van der Waals surface area contributed by atoms with Crippen LogP contribution in [0.25, 0.3) is 0 Å². The maximum Gasteiger partial charge on any atom is 0.0967 e. The van der Waals surface area contributed by atoms with Crippen molar-refractivity contribution in [1.29, 1.82) is 0 Å². The van der Waals surface area contributed by atoms with Crippen LogP contribution in [0.3, 0.4) is 0 Å². The number of anilines is 1. The lowest BCUT2D eigenvalue weighted by molar-refractivity contribution is 0.934. The predicted molar refractivity (Wildman–Crippen MR) is 59.5 cm³/mol. The Morgan fingerprint density at radius 2 is 2.29 bits per heavy atom. The quantitative estimate of drug-likeness (QED) is 0.702. The topological polar surface area (TPSA) is 50.4 Å². The zero-order valence-electron chi connectivity index (χ0n) is 8.16. The summed E-state index contributed by atoms with van der Waals surface area (Å²) in [5.41, 5.74) is 7.81. The highest BCUT2D eigenvalue weighted by molar-refractivity contribution is 5.83. The van der Waals surface area contributed by atoms with Gasteiger partial charge in [-0.3, -0.25) is 4.99 Å². The fourth-order valence-corrected chi connectivity index (χ4v) is 1.63. The van der Waals surface area contributed by atoms with Crippen molar-refractivity contribution in [2.24, 2.45) is 4.99 Å². The standard InChI is InChI=1S/C11H15N3/c12-10-3-1-2-9(8-10)4-5-11-13-6-7-14-11/h1-3,8H,4-7,12H2,(H,13,14). The minimum Gasteiger partial charge on any atom is -0.399 e. The van der Waals surface area contributed by atoms with E-state index in [1.54, 1.807) is 0 Å². The number of benzene rings is 1. The lowest BCUT2D eigenvalue weighted by Gasteiger charge is -2.03. The van der Waals surface area contributed by atoms with Crippen LogP contribution in [0.5, 0.6) is 0 Å². The van der Waals surface area contributed by atoms with Crippen molar-refractivity contribution in [2.75, 3.05) is 18.8 Å². The molecule has 0 saturated carbocycles. The van der Waals surface area contributed by atoms with E-state index in [4.69, 9.17) is 5.73 Å². The van der Waals surface area contributed by atoms with Gasteiger partial charge in [-0.1, -0.05) is 12.1 Å². The van der Waals surface area contributed by atoms with Gasteiger partial charge >= 0.3 is 0 Å². The Hall–Kier alpha value is -1.51. The summed E-state index contributed by atoms with van der Waals surface area (Å²) in [6.45, 7) is 1.92. The molecule has 1 aromatic rings. The van der Waals surface area contributed by atoms with Gasteiger partial charge in [0.05, 0.1) is 12.4 Å². The van der Waals surface area contributed by atoms with Crippen LogP contribution < -0.4 is 11.1 Å². The molecule has 3 heteroatoms. The molecule has 0 radical (unpaired) electrons. The highest BCUT2D eigenvalue weighted by Gasteiger charge is 2.04. The van der Waals surface area contributed by atoms with Crippen molar-refractivity contribution in [3.63, 3.8) is 0 Å². The summed E-state index contributed by atoms with van der Waals surface area (Å²) in [7, 11) is 0. The Kier molecular flexibility index (Phi) is 2.68. The molecule has 0 atom stereocenters. The molecule has 0 amide bonds. The molecule has 0 aromatic heterocycles. The monoisotopic (exact) mass is 189 g/mol. The molecular formula is C11H15N3. The van der Waals surface area contributed by atoms with Crippen LogP contribution in [0.4, 0.5) is 5.69 Å². The number of nitrogens with zero attached hydrogens (tertiary/aromatic N) is 1. The largest absolute Gasteiger partial charge is 0.399 e. The minimum absolute atomic E-state index is 0.837. The van der Waals surface area contributed by atoms with Crippen molar-refractivity contribution >= 4 is 11.5 Å². The number of hydrogen-bond donors (Lipinski definition) is 2. The highest BCUT2D eigenvalue weighted by atomic mass is 15.1. The van der Waals surface area contributed by atoms with Gasteiger partial charge < -0.3 is 11.1 Å². The molecule has 3 N–H and O–H groups in total. The number of hydrogen-bond acceptors (Lipinski definition) is 3. The molecule has 1 aromatic carbocycles. The van der Waals surface area contributed by atoms with Crippen molar-refractivity contribution in [2.45, 2.75) is 12.8 Å². The fraction of sp³-hybridized carbons (Fsp3) is 0.364. The van der Waals surface area contributed by atoms with Crippen molar-refractivity contribution < 1.29 is 0 Å². The van der Waals surface area contributed by atoms with Gasteiger partial charge in [0.1, 0.15) is 0 Å². The van der Waals surface area contributed by atoms with Crippen molar-refractivity contribution in [1.82, 2.24) is 5.32 Å². The Labute approximate surface area is 84.0 Å². The molecule has 0 aliphatic carbocycles. The van der Waals surface area contributed by atoms with Gasteiger partial charge in [-0.05, 0) is 24.1 Å². The number of aryl methyl sites for hydroxylation is 1. The first-order chi connectivity index (χ1) is 6.84. The first-order valence-corrected chi connectivity index (χ1v) is 4.96. The van der Waals surface area contributed by atoms with E-state index in [-0.39, 0.29) is 0 Å². The second kappa shape index (κ2) is 4.13. The van der Waals surface area contributed by atoms with E-state index < -0.39 is 0 Å². The van der Waals surface area contributed by atoms with Crippen LogP contribution in [-0.4, -0.2) is 18.9 Å². The zero-order chi connectivity index (χ0) is 9.80. The maximum atomic E-state index is 5.70. The average Bonchev–Trinajstić information content (AvgIpc) is 2.67. The van der Waals surface area contributed by atoms with Crippen LogP contribution in [0, 0.1) is 0 Å². The second-order valence-electron chi connectivity index (χ2n) is 3.50. The van der Waals surface area contributed by atoms with Gasteiger partial charge in [0.2, 0.25) is 0 Å². The molecule has 1 heterocycles. The molecule has 1 aliphatic rings. The summed E-state index contributed by atoms with van der Waals surface area (Å²) in [6, 6.07) is 8.03. The summed E-state index contributed by atoms with van der Waals surface area (Å²) >= 11 is 0. The Morgan fingerprint density at radius 1 is 1.36 bits per heavy atom. The van der Waals surface area contributed by atoms with E-state index >= 15 is 0 Å². The molecule has 0 fully saturated rings. The summed E-state index contributed by atoms with van der Waals surface area (Å²) in [6.07, 6.45) is 2.00. The molecule has 2 rings (SSSR count). The van der Waals surface area contributed by atoms with Gasteiger partial charge in [0.25, 0.3) is 0 Å². The maximum absolute atomic E-state index is 5.70. The third kappa shape index (κ3) is 2.25. The van der Waals surface area contributed by atoms with Crippen molar-refractivity contribution in [3.8, 4) is 0 Å². The molecule has 74 valence electrons. The van der Waals surface area contributed by atoms with Gasteiger partial charge in [0, 0.05) is 18.7 Å². The van der Waals surface area contributed by atoms with Crippen LogP contribution in [0.15, 0.2) is 29.3 Å². The fourth-order valence-electron chi connectivity index (χ4n) is 1.63. The number of nitrogens with one attached hydrogen (secondary N) is 1. The molecule has 1 aliphatic heterocycles. The summed E-state index contributed by atoms with van der Waals surface area (Å²) in [5, 5.41) is 3.26. The highest BCUT2D eigenvalue weighted by Crippen LogP contribution is 2.09. The molecule has 3 nitrogen and oxygen atoms in total. The summed E-state index contributed by atoms with van der Waals surface area (Å²) in [5.74, 6) is 1.13. The predicted octanol–water partition coefficient (Wildman–Crippen LogP) is 1.20.